The van der Waals surface area contributed by atoms with Crippen LogP contribution in [0.5, 0.6) is 0 Å². The summed E-state index contributed by atoms with van der Waals surface area (Å²) in [5, 5.41) is 8.54. The molecule has 3 heteroatoms. The van der Waals surface area contributed by atoms with E-state index in [1.807, 2.05) is 6.92 Å². The number of hydroxylamine groups is 1. The molecular formula is C9H17NO2. The van der Waals surface area contributed by atoms with Gasteiger partial charge in [-0.2, -0.15) is 0 Å². The molecule has 12 heavy (non-hydrogen) atoms. The van der Waals surface area contributed by atoms with Gasteiger partial charge < -0.3 is 0 Å². The second-order valence-corrected chi connectivity index (χ2v) is 3.92. The third-order valence-electron chi connectivity index (χ3n) is 2.86. The fourth-order valence-electron chi connectivity index (χ4n) is 1.87. The van der Waals surface area contributed by atoms with Crippen LogP contribution in [0.2, 0.25) is 0 Å². The summed E-state index contributed by atoms with van der Waals surface area (Å²) in [6.07, 6.45) is 6.44. The lowest BCUT2D eigenvalue weighted by Crippen LogP contribution is -2.36. The van der Waals surface area contributed by atoms with Crippen LogP contribution in [0.25, 0.3) is 0 Å². The van der Waals surface area contributed by atoms with Gasteiger partial charge in [0.05, 0.1) is 0 Å². The van der Waals surface area contributed by atoms with Crippen molar-refractivity contribution >= 4 is 5.91 Å². The van der Waals surface area contributed by atoms with Crippen molar-refractivity contribution in [1.82, 2.24) is 5.48 Å². The van der Waals surface area contributed by atoms with Crippen LogP contribution in [0.4, 0.5) is 0 Å². The van der Waals surface area contributed by atoms with Crippen molar-refractivity contribution in [2.24, 2.45) is 5.41 Å². The summed E-state index contributed by atoms with van der Waals surface area (Å²) in [5.41, 5.74) is 1.44. The molecule has 0 heterocycles. The highest BCUT2D eigenvalue weighted by Crippen LogP contribution is 2.34. The molecule has 0 spiro atoms. The third kappa shape index (κ3) is 1.97. The lowest BCUT2D eigenvalue weighted by molar-refractivity contribution is -0.139. The number of hydrogen-bond acceptors (Lipinski definition) is 2. The Bertz CT molecular complexity index is 160. The minimum absolute atomic E-state index is 0.218. The lowest BCUT2D eigenvalue weighted by Gasteiger charge is -2.24. The zero-order valence-electron chi connectivity index (χ0n) is 7.60. The predicted molar refractivity (Wildman–Crippen MR) is 45.7 cm³/mol. The van der Waals surface area contributed by atoms with Crippen molar-refractivity contribution < 1.29 is 10.0 Å². The van der Waals surface area contributed by atoms with Gasteiger partial charge in [0.2, 0.25) is 5.91 Å². The number of amides is 1. The van der Waals surface area contributed by atoms with E-state index in [0.29, 0.717) is 0 Å². The maximum absolute atomic E-state index is 11.3. The molecule has 0 bridgehead atoms. The highest BCUT2D eigenvalue weighted by atomic mass is 16.5. The van der Waals surface area contributed by atoms with Crippen LogP contribution in [0, 0.1) is 5.41 Å². The van der Waals surface area contributed by atoms with E-state index in [-0.39, 0.29) is 11.3 Å². The third-order valence-corrected chi connectivity index (χ3v) is 2.86. The Balaban J connectivity index is 2.59. The summed E-state index contributed by atoms with van der Waals surface area (Å²) >= 11 is 0. The van der Waals surface area contributed by atoms with Crippen molar-refractivity contribution in [3.05, 3.63) is 0 Å². The van der Waals surface area contributed by atoms with Gasteiger partial charge in [-0.3, -0.25) is 10.0 Å². The van der Waals surface area contributed by atoms with Gasteiger partial charge >= 0.3 is 0 Å². The molecule has 1 aliphatic carbocycles. The standard InChI is InChI=1S/C9H17NO2/c1-9(8(11)10-12)6-4-2-3-5-7-9/h12H,2-7H2,1H3,(H,10,11). The molecule has 1 amide bonds. The van der Waals surface area contributed by atoms with E-state index >= 15 is 0 Å². The van der Waals surface area contributed by atoms with Crippen molar-refractivity contribution in [2.45, 2.75) is 45.4 Å². The molecule has 1 fully saturated rings. The van der Waals surface area contributed by atoms with Crippen LogP contribution >= 0.6 is 0 Å². The summed E-state index contributed by atoms with van der Waals surface area (Å²) in [5.74, 6) is -0.218. The van der Waals surface area contributed by atoms with Crippen LogP contribution in [-0.4, -0.2) is 11.1 Å². The van der Waals surface area contributed by atoms with Gasteiger partial charge in [0.1, 0.15) is 0 Å². The summed E-state index contributed by atoms with van der Waals surface area (Å²) in [4.78, 5) is 11.3. The van der Waals surface area contributed by atoms with Gasteiger partial charge in [0.25, 0.3) is 0 Å². The van der Waals surface area contributed by atoms with Crippen molar-refractivity contribution in [3.63, 3.8) is 0 Å². The summed E-state index contributed by atoms with van der Waals surface area (Å²) in [7, 11) is 0. The molecule has 0 atom stereocenters. The molecule has 3 nitrogen and oxygen atoms in total. The Morgan fingerprint density at radius 1 is 1.25 bits per heavy atom. The Kier molecular flexibility index (Phi) is 3.09. The SMILES string of the molecule is CC1(C(=O)NO)CCCCCC1. The summed E-state index contributed by atoms with van der Waals surface area (Å²) < 4.78 is 0. The smallest absolute Gasteiger partial charge is 0.249 e. The minimum Gasteiger partial charge on any atom is -0.289 e. The first-order valence-electron chi connectivity index (χ1n) is 4.63. The molecule has 70 valence electrons. The lowest BCUT2D eigenvalue weighted by atomic mass is 9.82. The molecule has 0 saturated heterocycles. The van der Waals surface area contributed by atoms with E-state index in [1.54, 1.807) is 5.48 Å². The zero-order chi connectivity index (χ0) is 9.03. The van der Waals surface area contributed by atoms with Gasteiger partial charge in [-0.1, -0.05) is 32.6 Å². The highest BCUT2D eigenvalue weighted by molar-refractivity contribution is 5.81. The van der Waals surface area contributed by atoms with Crippen LogP contribution < -0.4 is 5.48 Å². The first-order chi connectivity index (χ1) is 5.69. The van der Waals surface area contributed by atoms with E-state index in [4.69, 9.17) is 5.21 Å². The summed E-state index contributed by atoms with van der Waals surface area (Å²) in [6, 6.07) is 0. The van der Waals surface area contributed by atoms with Crippen LogP contribution in [-0.2, 0) is 4.79 Å². The van der Waals surface area contributed by atoms with Crippen molar-refractivity contribution in [1.29, 1.82) is 0 Å². The van der Waals surface area contributed by atoms with E-state index in [1.165, 1.54) is 12.8 Å². The molecule has 2 N–H and O–H groups in total. The fraction of sp³-hybridized carbons (Fsp3) is 0.889. The Labute approximate surface area is 73.1 Å². The van der Waals surface area contributed by atoms with Crippen molar-refractivity contribution in [3.8, 4) is 0 Å². The Hall–Kier alpha value is -0.570. The molecule has 0 unspecified atom stereocenters. The molecule has 0 radical (unpaired) electrons. The maximum atomic E-state index is 11.3. The van der Waals surface area contributed by atoms with Crippen LogP contribution in [0.3, 0.4) is 0 Å². The van der Waals surface area contributed by atoms with Gasteiger partial charge in [-0.05, 0) is 12.8 Å². The van der Waals surface area contributed by atoms with Gasteiger partial charge in [0, 0.05) is 5.41 Å². The molecule has 1 saturated carbocycles. The molecule has 1 rings (SSSR count). The normalized spacial score (nSPS) is 22.8. The molecule has 0 aromatic heterocycles. The monoisotopic (exact) mass is 171 g/mol. The first kappa shape index (κ1) is 9.52. The van der Waals surface area contributed by atoms with E-state index in [2.05, 4.69) is 0 Å². The highest BCUT2D eigenvalue weighted by Gasteiger charge is 2.33. The number of rotatable bonds is 1. The minimum atomic E-state index is -0.328. The van der Waals surface area contributed by atoms with Crippen LogP contribution in [0.1, 0.15) is 45.4 Å². The summed E-state index contributed by atoms with van der Waals surface area (Å²) in [6.45, 7) is 1.93. The van der Waals surface area contributed by atoms with E-state index < -0.39 is 0 Å². The molecule has 1 aliphatic rings. The average Bonchev–Trinajstić information content (AvgIpc) is 2.29. The second-order valence-electron chi connectivity index (χ2n) is 3.92. The predicted octanol–water partition coefficient (Wildman–Crippen LogP) is 1.85. The second kappa shape index (κ2) is 3.90. The average molecular weight is 171 g/mol. The fourth-order valence-corrected chi connectivity index (χ4v) is 1.87. The number of carbonyl (C=O) groups excluding carboxylic acids is 1. The Morgan fingerprint density at radius 3 is 2.17 bits per heavy atom. The molecular weight excluding hydrogens is 154 g/mol. The zero-order valence-corrected chi connectivity index (χ0v) is 7.60. The van der Waals surface area contributed by atoms with Crippen LogP contribution in [0.15, 0.2) is 0 Å². The first-order valence-corrected chi connectivity index (χ1v) is 4.63. The van der Waals surface area contributed by atoms with E-state index in [9.17, 15) is 4.79 Å². The quantitative estimate of drug-likeness (QED) is 0.359. The topological polar surface area (TPSA) is 49.3 Å². The number of nitrogens with one attached hydrogen (secondary N) is 1. The molecule has 0 aromatic carbocycles. The van der Waals surface area contributed by atoms with Gasteiger partial charge in [-0.15, -0.1) is 0 Å². The number of hydrogen-bond donors (Lipinski definition) is 2. The Morgan fingerprint density at radius 2 is 1.75 bits per heavy atom. The molecule has 0 aromatic rings. The largest absolute Gasteiger partial charge is 0.289 e. The maximum Gasteiger partial charge on any atom is 0.249 e. The van der Waals surface area contributed by atoms with E-state index in [0.717, 1.165) is 25.7 Å². The molecule has 0 aliphatic heterocycles. The van der Waals surface area contributed by atoms with Gasteiger partial charge in [0.15, 0.2) is 0 Å². The van der Waals surface area contributed by atoms with Crippen molar-refractivity contribution in [2.75, 3.05) is 0 Å². The van der Waals surface area contributed by atoms with Gasteiger partial charge in [-0.25, -0.2) is 5.48 Å². The number of carbonyl (C=O) groups is 1.